The van der Waals surface area contributed by atoms with Crippen LogP contribution in [0.4, 0.5) is 17.1 Å². The number of aliphatic hydroxyl groups is 1. The Morgan fingerprint density at radius 3 is 1.51 bits per heavy atom. The number of hydrogen-bond acceptors (Lipinski definition) is 4. The third-order valence-corrected chi connectivity index (χ3v) is 6.36. The molecule has 0 fully saturated rings. The summed E-state index contributed by atoms with van der Waals surface area (Å²) in [6, 6.07) is 28.3. The minimum absolute atomic E-state index is 0.738. The van der Waals surface area contributed by atoms with Crippen molar-refractivity contribution in [2.45, 2.75) is 5.60 Å². The number of benzene rings is 4. The van der Waals surface area contributed by atoms with E-state index in [2.05, 4.69) is 34.9 Å². The lowest BCUT2D eigenvalue weighted by Crippen LogP contribution is -2.25. The molecule has 0 radical (unpaired) electrons. The molecule has 4 aromatic rings. The molecule has 0 aromatic heterocycles. The first-order valence-electron chi connectivity index (χ1n) is 11.7. The van der Waals surface area contributed by atoms with Crippen molar-refractivity contribution in [2.24, 2.45) is 0 Å². The van der Waals surface area contributed by atoms with Gasteiger partial charge >= 0.3 is 0 Å². The Kier molecular flexibility index (Phi) is 6.73. The van der Waals surface area contributed by atoms with Crippen molar-refractivity contribution in [3.05, 3.63) is 102 Å². The molecular formula is C31H33N3O. The zero-order chi connectivity index (χ0) is 25.2. The van der Waals surface area contributed by atoms with Gasteiger partial charge in [-0.25, -0.2) is 0 Å². The predicted octanol–water partition coefficient (Wildman–Crippen LogP) is 5.33. The summed E-state index contributed by atoms with van der Waals surface area (Å²) in [4.78, 5) is 6.19. The van der Waals surface area contributed by atoms with E-state index >= 15 is 0 Å². The Bertz CT molecular complexity index is 1320. The second-order valence-electron chi connectivity index (χ2n) is 9.42. The van der Waals surface area contributed by atoms with Gasteiger partial charge in [0, 0.05) is 81.4 Å². The first-order chi connectivity index (χ1) is 16.7. The van der Waals surface area contributed by atoms with Gasteiger partial charge in [-0.2, -0.15) is 0 Å². The van der Waals surface area contributed by atoms with E-state index in [1.807, 2.05) is 119 Å². The second kappa shape index (κ2) is 9.74. The molecule has 0 aliphatic carbocycles. The maximum atomic E-state index is 12.1. The molecule has 0 unspecified atom stereocenters. The van der Waals surface area contributed by atoms with Crippen LogP contribution in [0, 0.1) is 11.8 Å². The highest BCUT2D eigenvalue weighted by molar-refractivity contribution is 5.98. The monoisotopic (exact) mass is 463 g/mol. The molecule has 0 aliphatic heterocycles. The van der Waals surface area contributed by atoms with Gasteiger partial charge in [0.25, 0.3) is 0 Å². The molecule has 0 spiro atoms. The van der Waals surface area contributed by atoms with Gasteiger partial charge < -0.3 is 19.8 Å². The predicted molar refractivity (Wildman–Crippen MR) is 150 cm³/mol. The summed E-state index contributed by atoms with van der Waals surface area (Å²) >= 11 is 0. The van der Waals surface area contributed by atoms with E-state index in [0.717, 1.165) is 44.5 Å². The minimum Gasteiger partial charge on any atom is -0.378 e. The van der Waals surface area contributed by atoms with Crippen molar-refractivity contribution in [3.8, 4) is 11.8 Å². The molecule has 0 bridgehead atoms. The molecular weight excluding hydrogens is 430 g/mol. The van der Waals surface area contributed by atoms with E-state index in [9.17, 15) is 5.11 Å². The van der Waals surface area contributed by atoms with Crippen molar-refractivity contribution < 1.29 is 5.11 Å². The average molecular weight is 464 g/mol. The molecule has 0 heterocycles. The van der Waals surface area contributed by atoms with E-state index in [-0.39, 0.29) is 0 Å². The van der Waals surface area contributed by atoms with Gasteiger partial charge in [0.05, 0.1) is 0 Å². The van der Waals surface area contributed by atoms with Crippen LogP contribution in [0.1, 0.15) is 16.7 Å². The highest BCUT2D eigenvalue weighted by Crippen LogP contribution is 2.33. The number of anilines is 3. The highest BCUT2D eigenvalue weighted by atomic mass is 16.3. The van der Waals surface area contributed by atoms with Crippen molar-refractivity contribution in [2.75, 3.05) is 57.0 Å². The molecule has 4 rings (SSSR count). The smallest absolute Gasteiger partial charge is 0.177 e. The lowest BCUT2D eigenvalue weighted by molar-refractivity contribution is 0.145. The Labute approximate surface area is 209 Å². The molecule has 0 atom stereocenters. The van der Waals surface area contributed by atoms with Crippen LogP contribution in [0.2, 0.25) is 0 Å². The van der Waals surface area contributed by atoms with Crippen molar-refractivity contribution >= 4 is 27.8 Å². The topological polar surface area (TPSA) is 30.0 Å². The van der Waals surface area contributed by atoms with Gasteiger partial charge in [-0.3, -0.25) is 0 Å². The number of fused-ring (bicyclic) bond motifs is 1. The summed E-state index contributed by atoms with van der Waals surface area (Å²) in [5.74, 6) is 6.57. The van der Waals surface area contributed by atoms with Crippen LogP contribution >= 0.6 is 0 Å². The quantitative estimate of drug-likeness (QED) is 0.406. The summed E-state index contributed by atoms with van der Waals surface area (Å²) in [5.41, 5.74) is 4.18. The Balaban J connectivity index is 1.87. The standard InChI is InChI=1S/C31H33N3O/c1-32(2)26-16-12-24(13-17-26)31(35,25-14-18-27(19-15-25)33(3)4)22-21-23-11-20-30(34(5)6)29-10-8-7-9-28(23)29/h7-20,35H,1-6H3. The molecule has 0 saturated heterocycles. The van der Waals surface area contributed by atoms with Crippen LogP contribution < -0.4 is 14.7 Å². The molecule has 4 heteroatoms. The molecule has 4 aromatic carbocycles. The minimum atomic E-state index is -1.46. The Morgan fingerprint density at radius 2 is 1.06 bits per heavy atom. The summed E-state index contributed by atoms with van der Waals surface area (Å²) < 4.78 is 0. The maximum absolute atomic E-state index is 12.1. The molecule has 4 nitrogen and oxygen atoms in total. The van der Waals surface area contributed by atoms with Crippen molar-refractivity contribution in [1.29, 1.82) is 0 Å². The van der Waals surface area contributed by atoms with Crippen LogP contribution in [0.3, 0.4) is 0 Å². The molecule has 35 heavy (non-hydrogen) atoms. The Hall–Kier alpha value is -3.94. The molecule has 0 saturated carbocycles. The van der Waals surface area contributed by atoms with Gasteiger partial charge in [-0.15, -0.1) is 0 Å². The summed E-state index contributed by atoms with van der Waals surface area (Å²) in [6.45, 7) is 0. The van der Waals surface area contributed by atoms with E-state index in [1.54, 1.807) is 0 Å². The lowest BCUT2D eigenvalue weighted by Gasteiger charge is -2.25. The average Bonchev–Trinajstić information content (AvgIpc) is 2.87. The van der Waals surface area contributed by atoms with Crippen LogP contribution in [-0.4, -0.2) is 47.4 Å². The fraction of sp³-hybridized carbons (Fsp3) is 0.226. The highest BCUT2D eigenvalue weighted by Gasteiger charge is 2.30. The van der Waals surface area contributed by atoms with Crippen molar-refractivity contribution in [3.63, 3.8) is 0 Å². The maximum Gasteiger partial charge on any atom is 0.177 e. The fourth-order valence-electron chi connectivity index (χ4n) is 4.25. The van der Waals surface area contributed by atoms with Crippen molar-refractivity contribution in [1.82, 2.24) is 0 Å². The van der Waals surface area contributed by atoms with E-state index in [4.69, 9.17) is 0 Å². The summed E-state index contributed by atoms with van der Waals surface area (Å²) in [6.07, 6.45) is 0. The molecule has 0 aliphatic rings. The van der Waals surface area contributed by atoms with Crippen LogP contribution in [-0.2, 0) is 5.60 Å². The third kappa shape index (κ3) is 4.82. The zero-order valence-corrected chi connectivity index (χ0v) is 21.4. The number of hydrogen-bond donors (Lipinski definition) is 1. The molecule has 1 N–H and O–H groups in total. The molecule has 178 valence electrons. The van der Waals surface area contributed by atoms with Gasteiger partial charge in [-0.1, -0.05) is 60.4 Å². The summed E-state index contributed by atoms with van der Waals surface area (Å²) in [5, 5.41) is 14.3. The molecule has 0 amide bonds. The van der Waals surface area contributed by atoms with E-state index in [1.165, 1.54) is 0 Å². The first-order valence-corrected chi connectivity index (χ1v) is 11.7. The first kappa shape index (κ1) is 24.2. The Morgan fingerprint density at radius 1 is 0.571 bits per heavy atom. The normalized spacial score (nSPS) is 11.1. The van der Waals surface area contributed by atoms with Gasteiger partial charge in [-0.05, 0) is 41.8 Å². The van der Waals surface area contributed by atoms with Gasteiger partial charge in [0.15, 0.2) is 5.60 Å². The van der Waals surface area contributed by atoms with E-state index < -0.39 is 5.60 Å². The van der Waals surface area contributed by atoms with Crippen LogP contribution in [0.5, 0.6) is 0 Å². The fourth-order valence-corrected chi connectivity index (χ4v) is 4.25. The largest absolute Gasteiger partial charge is 0.378 e. The van der Waals surface area contributed by atoms with Gasteiger partial charge in [0.1, 0.15) is 0 Å². The van der Waals surface area contributed by atoms with Crippen LogP contribution in [0.25, 0.3) is 10.8 Å². The second-order valence-corrected chi connectivity index (χ2v) is 9.42. The SMILES string of the molecule is CN(C)c1ccc(C(O)(C#Cc2ccc(N(C)C)c3ccccc23)c2ccc(N(C)C)cc2)cc1. The van der Waals surface area contributed by atoms with Crippen LogP contribution in [0.15, 0.2) is 84.9 Å². The zero-order valence-electron chi connectivity index (χ0n) is 21.4. The number of nitrogens with zero attached hydrogens (tertiary/aromatic N) is 3. The number of rotatable bonds is 5. The third-order valence-electron chi connectivity index (χ3n) is 6.36. The van der Waals surface area contributed by atoms with E-state index in [0.29, 0.717) is 0 Å². The lowest BCUT2D eigenvalue weighted by atomic mass is 9.86. The van der Waals surface area contributed by atoms with Gasteiger partial charge in [0.2, 0.25) is 0 Å². The summed E-state index contributed by atoms with van der Waals surface area (Å²) in [7, 11) is 12.1.